The van der Waals surface area contributed by atoms with Gasteiger partial charge in [-0.25, -0.2) is 4.79 Å². The summed E-state index contributed by atoms with van der Waals surface area (Å²) < 4.78 is 5.55. The van der Waals surface area contributed by atoms with Crippen LogP contribution < -0.4 is 5.73 Å². The van der Waals surface area contributed by atoms with Gasteiger partial charge in [0, 0.05) is 11.6 Å². The predicted molar refractivity (Wildman–Crippen MR) is 92.4 cm³/mol. The molecule has 1 fully saturated rings. The maximum Gasteiger partial charge on any atom is 0.411 e. The number of rotatable bonds is 2. The summed E-state index contributed by atoms with van der Waals surface area (Å²) in [6.45, 7) is 5.65. The van der Waals surface area contributed by atoms with Crippen LogP contribution in [0.15, 0.2) is 30.3 Å². The summed E-state index contributed by atoms with van der Waals surface area (Å²) in [5, 5.41) is 0. The number of benzene rings is 1. The largest absolute Gasteiger partial charge is 0.444 e. The fraction of sp³-hybridized carbons (Fsp3) is 0.474. The van der Waals surface area contributed by atoms with Crippen LogP contribution >= 0.6 is 0 Å². The number of fused-ring (bicyclic) bond motifs is 2. The van der Waals surface area contributed by atoms with E-state index in [0.29, 0.717) is 5.56 Å². The molecule has 2 amide bonds. The number of hydrogen-bond donors (Lipinski definition) is 1. The first-order valence-electron chi connectivity index (χ1n) is 8.37. The van der Waals surface area contributed by atoms with Gasteiger partial charge in [-0.2, -0.15) is 0 Å². The summed E-state index contributed by atoms with van der Waals surface area (Å²) in [7, 11) is 0. The molecule has 0 saturated carbocycles. The molecule has 128 valence electrons. The van der Waals surface area contributed by atoms with E-state index in [1.54, 1.807) is 6.07 Å². The minimum Gasteiger partial charge on any atom is -0.444 e. The number of ether oxygens (including phenoxy) is 1. The Morgan fingerprint density at radius 1 is 1.25 bits per heavy atom. The lowest BCUT2D eigenvalue weighted by Crippen LogP contribution is -2.45. The minimum atomic E-state index is -0.490. The van der Waals surface area contributed by atoms with Crippen LogP contribution in [0.2, 0.25) is 0 Å². The van der Waals surface area contributed by atoms with Crippen molar-refractivity contribution in [2.45, 2.75) is 57.7 Å². The van der Waals surface area contributed by atoms with Gasteiger partial charge in [-0.05, 0) is 63.3 Å². The molecule has 1 saturated heterocycles. The lowest BCUT2D eigenvalue weighted by molar-refractivity contribution is 0.0175. The highest BCUT2D eigenvalue weighted by Gasteiger charge is 2.41. The Labute approximate surface area is 142 Å². The van der Waals surface area contributed by atoms with Gasteiger partial charge >= 0.3 is 6.09 Å². The number of carbonyl (C=O) groups excluding carboxylic acids is 2. The lowest BCUT2D eigenvalue weighted by Gasteiger charge is -2.35. The number of primary amides is 1. The molecule has 0 radical (unpaired) electrons. The first kappa shape index (κ1) is 16.6. The second kappa shape index (κ2) is 5.96. The van der Waals surface area contributed by atoms with Gasteiger partial charge in [0.05, 0.1) is 6.04 Å². The monoisotopic (exact) mass is 328 g/mol. The fourth-order valence-electron chi connectivity index (χ4n) is 3.52. The maximum absolute atomic E-state index is 12.5. The molecule has 2 N–H and O–H groups in total. The highest BCUT2D eigenvalue weighted by Crippen LogP contribution is 2.39. The van der Waals surface area contributed by atoms with Gasteiger partial charge in [-0.3, -0.25) is 9.69 Å². The Balaban J connectivity index is 1.83. The summed E-state index contributed by atoms with van der Waals surface area (Å²) in [6.07, 6.45) is 4.59. The van der Waals surface area contributed by atoms with Crippen LogP contribution in [0.25, 0.3) is 5.57 Å². The average molecular weight is 328 g/mol. The van der Waals surface area contributed by atoms with Crippen LogP contribution in [-0.2, 0) is 4.74 Å². The zero-order chi connectivity index (χ0) is 17.5. The van der Waals surface area contributed by atoms with Gasteiger partial charge < -0.3 is 10.5 Å². The molecule has 1 aromatic carbocycles. The fourth-order valence-corrected chi connectivity index (χ4v) is 3.52. The highest BCUT2D eigenvalue weighted by molar-refractivity contribution is 5.93. The molecule has 5 heteroatoms. The highest BCUT2D eigenvalue weighted by atomic mass is 16.6. The molecule has 2 aliphatic heterocycles. The van der Waals surface area contributed by atoms with Crippen molar-refractivity contribution < 1.29 is 14.3 Å². The van der Waals surface area contributed by atoms with Crippen LogP contribution in [-0.4, -0.2) is 34.6 Å². The zero-order valence-electron chi connectivity index (χ0n) is 14.4. The normalized spacial score (nSPS) is 23.0. The topological polar surface area (TPSA) is 72.6 Å². The lowest BCUT2D eigenvalue weighted by atomic mass is 9.94. The Kier molecular flexibility index (Phi) is 4.11. The standard InChI is InChI=1S/C19H24N2O3/c1-19(2,3)24-18(23)21-15-7-8-16(21)11-14(10-15)12-5-4-6-13(9-12)17(20)22/h4-6,9-10,15-16H,7-8,11H2,1-3H3,(H2,20,22). The number of hydrogen-bond acceptors (Lipinski definition) is 3. The van der Waals surface area contributed by atoms with Gasteiger partial charge in [0.25, 0.3) is 0 Å². The smallest absolute Gasteiger partial charge is 0.411 e. The molecule has 0 aliphatic carbocycles. The number of nitrogens with zero attached hydrogens (tertiary/aromatic N) is 1. The van der Waals surface area contributed by atoms with Crippen molar-refractivity contribution in [1.82, 2.24) is 4.90 Å². The SMILES string of the molecule is CC(C)(C)OC(=O)N1C2C=C(c3cccc(C(N)=O)c3)CC1CC2. The third kappa shape index (κ3) is 3.30. The van der Waals surface area contributed by atoms with E-state index in [2.05, 4.69) is 6.08 Å². The quantitative estimate of drug-likeness (QED) is 0.905. The van der Waals surface area contributed by atoms with Crippen molar-refractivity contribution in [2.75, 3.05) is 0 Å². The Bertz CT molecular complexity index is 703. The maximum atomic E-state index is 12.5. The van der Waals surface area contributed by atoms with E-state index in [1.165, 1.54) is 5.57 Å². The van der Waals surface area contributed by atoms with E-state index in [1.807, 2.05) is 43.9 Å². The van der Waals surface area contributed by atoms with Crippen LogP contribution in [0.4, 0.5) is 4.79 Å². The predicted octanol–water partition coefficient (Wildman–Crippen LogP) is 3.34. The van der Waals surface area contributed by atoms with E-state index < -0.39 is 11.5 Å². The van der Waals surface area contributed by atoms with Crippen molar-refractivity contribution in [2.24, 2.45) is 5.73 Å². The molecule has 1 aromatic rings. The summed E-state index contributed by atoms with van der Waals surface area (Å²) in [6, 6.07) is 7.60. The molecule has 24 heavy (non-hydrogen) atoms. The molecule has 0 aromatic heterocycles. The van der Waals surface area contributed by atoms with Gasteiger partial charge in [-0.1, -0.05) is 18.2 Å². The van der Waals surface area contributed by atoms with Crippen molar-refractivity contribution in [1.29, 1.82) is 0 Å². The molecule has 0 spiro atoms. The van der Waals surface area contributed by atoms with Crippen molar-refractivity contribution in [3.05, 3.63) is 41.5 Å². The summed E-state index contributed by atoms with van der Waals surface area (Å²) in [5.41, 5.74) is 7.57. The van der Waals surface area contributed by atoms with Crippen molar-refractivity contribution in [3.63, 3.8) is 0 Å². The molecule has 5 nitrogen and oxygen atoms in total. The van der Waals surface area contributed by atoms with Gasteiger partial charge in [0.1, 0.15) is 5.60 Å². The number of nitrogens with two attached hydrogens (primary N) is 1. The second-order valence-electron chi connectivity index (χ2n) is 7.53. The van der Waals surface area contributed by atoms with Gasteiger partial charge in [0.15, 0.2) is 0 Å². The van der Waals surface area contributed by atoms with E-state index in [0.717, 1.165) is 24.8 Å². The Morgan fingerprint density at radius 2 is 2.00 bits per heavy atom. The average Bonchev–Trinajstić information content (AvgIpc) is 2.76. The molecule has 2 bridgehead atoms. The molecule has 3 rings (SSSR count). The van der Waals surface area contributed by atoms with E-state index in [-0.39, 0.29) is 18.2 Å². The minimum absolute atomic E-state index is 0.0610. The van der Waals surface area contributed by atoms with Gasteiger partial charge in [0.2, 0.25) is 5.91 Å². The van der Waals surface area contributed by atoms with Crippen molar-refractivity contribution in [3.8, 4) is 0 Å². The number of carbonyl (C=O) groups is 2. The third-order valence-corrected chi connectivity index (χ3v) is 4.52. The molecular formula is C19H24N2O3. The second-order valence-corrected chi connectivity index (χ2v) is 7.53. The van der Waals surface area contributed by atoms with E-state index >= 15 is 0 Å². The third-order valence-electron chi connectivity index (χ3n) is 4.52. The molecular weight excluding hydrogens is 304 g/mol. The molecule has 2 unspecified atom stereocenters. The molecule has 2 heterocycles. The first-order chi connectivity index (χ1) is 11.2. The van der Waals surface area contributed by atoms with E-state index in [4.69, 9.17) is 10.5 Å². The molecule has 2 atom stereocenters. The van der Waals surface area contributed by atoms with Gasteiger partial charge in [-0.15, -0.1) is 0 Å². The van der Waals surface area contributed by atoms with Crippen molar-refractivity contribution >= 4 is 17.6 Å². The van der Waals surface area contributed by atoms with E-state index in [9.17, 15) is 9.59 Å². The summed E-state index contributed by atoms with van der Waals surface area (Å²) >= 11 is 0. The summed E-state index contributed by atoms with van der Waals surface area (Å²) in [4.78, 5) is 25.7. The number of amides is 2. The summed E-state index contributed by atoms with van der Waals surface area (Å²) in [5.74, 6) is -0.424. The van der Waals surface area contributed by atoms with Crippen LogP contribution in [0.3, 0.4) is 0 Å². The van der Waals surface area contributed by atoms with Crippen LogP contribution in [0.1, 0.15) is 56.0 Å². The molecule has 2 aliphatic rings. The Morgan fingerprint density at radius 3 is 2.62 bits per heavy atom. The van der Waals surface area contributed by atoms with Crippen LogP contribution in [0.5, 0.6) is 0 Å². The Hall–Kier alpha value is -2.30. The zero-order valence-corrected chi connectivity index (χ0v) is 14.4. The first-order valence-corrected chi connectivity index (χ1v) is 8.37. The van der Waals surface area contributed by atoms with Crippen LogP contribution in [0, 0.1) is 0 Å².